The minimum absolute atomic E-state index is 0.139. The van der Waals surface area contributed by atoms with Gasteiger partial charge in [0.25, 0.3) is 5.56 Å². The lowest BCUT2D eigenvalue weighted by Gasteiger charge is -2.11. The topological polar surface area (TPSA) is 79.9 Å². The minimum Gasteiger partial charge on any atom is -0.406 e. The van der Waals surface area contributed by atoms with Crippen molar-refractivity contribution in [1.29, 1.82) is 0 Å². The zero-order valence-corrected chi connectivity index (χ0v) is 12.4. The third-order valence-electron chi connectivity index (χ3n) is 2.98. The molecule has 0 saturated heterocycles. The minimum atomic E-state index is -4.76. The Labute approximate surface area is 137 Å². The second-order valence-electron chi connectivity index (χ2n) is 4.61. The summed E-state index contributed by atoms with van der Waals surface area (Å²) < 4.78 is 40.2. The van der Waals surface area contributed by atoms with E-state index in [0.717, 1.165) is 12.1 Å². The molecule has 0 bridgehead atoms. The van der Waals surface area contributed by atoms with Gasteiger partial charge in [-0.2, -0.15) is 0 Å². The van der Waals surface area contributed by atoms with Crippen LogP contribution in [0.15, 0.2) is 41.6 Å². The Bertz CT molecular complexity index is 941. The summed E-state index contributed by atoms with van der Waals surface area (Å²) in [5.41, 5.74) is 0.216. The number of nitrogens with zero attached hydrogens (tertiary/aromatic N) is 2. The smallest absolute Gasteiger partial charge is 0.406 e. The fourth-order valence-electron chi connectivity index (χ4n) is 2.02. The van der Waals surface area contributed by atoms with Crippen molar-refractivity contribution in [2.45, 2.75) is 6.36 Å². The van der Waals surface area contributed by atoms with Gasteiger partial charge in [0.1, 0.15) is 28.8 Å². The third kappa shape index (κ3) is 3.40. The van der Waals surface area contributed by atoms with Gasteiger partial charge in [0.05, 0.1) is 5.02 Å². The third-order valence-corrected chi connectivity index (χ3v) is 3.27. The number of anilines is 2. The number of hydrogen-bond acceptors (Lipinski definition) is 5. The standard InChI is InChI=1S/C14H8ClF3N4O2/c15-9-5-19-13(23)10-11(9)20-6-21-12(10)22-7-1-3-8(4-2-7)24-14(16,17)18/h1-6H,(H,19,23)(H,20,21,22). The van der Waals surface area contributed by atoms with Gasteiger partial charge in [-0.1, -0.05) is 11.6 Å². The van der Waals surface area contributed by atoms with Crippen molar-refractivity contribution >= 4 is 34.0 Å². The Morgan fingerprint density at radius 1 is 1.17 bits per heavy atom. The molecule has 2 N–H and O–H groups in total. The summed E-state index contributed by atoms with van der Waals surface area (Å²) in [7, 11) is 0. The molecule has 0 spiro atoms. The van der Waals surface area contributed by atoms with Crippen molar-refractivity contribution in [2.75, 3.05) is 5.32 Å². The van der Waals surface area contributed by atoms with Crippen LogP contribution in [0.5, 0.6) is 5.75 Å². The number of halogens is 4. The summed E-state index contributed by atoms with van der Waals surface area (Å²) >= 11 is 5.97. The Hall–Kier alpha value is -2.81. The molecule has 0 unspecified atom stereocenters. The van der Waals surface area contributed by atoms with Crippen LogP contribution < -0.4 is 15.6 Å². The molecule has 0 aliphatic carbocycles. The van der Waals surface area contributed by atoms with E-state index < -0.39 is 11.9 Å². The van der Waals surface area contributed by atoms with Crippen LogP contribution in [-0.4, -0.2) is 21.3 Å². The maximum atomic E-state index is 12.1. The molecule has 6 nitrogen and oxygen atoms in total. The molecule has 0 aliphatic heterocycles. The van der Waals surface area contributed by atoms with Crippen molar-refractivity contribution in [3.8, 4) is 5.75 Å². The van der Waals surface area contributed by atoms with E-state index >= 15 is 0 Å². The highest BCUT2D eigenvalue weighted by molar-refractivity contribution is 6.35. The van der Waals surface area contributed by atoms with E-state index in [-0.39, 0.29) is 27.5 Å². The molecule has 1 aromatic carbocycles. The zero-order chi connectivity index (χ0) is 17.3. The lowest BCUT2D eigenvalue weighted by atomic mass is 10.2. The molecule has 0 atom stereocenters. The van der Waals surface area contributed by atoms with Crippen LogP contribution in [-0.2, 0) is 0 Å². The predicted molar refractivity (Wildman–Crippen MR) is 81.6 cm³/mol. The van der Waals surface area contributed by atoms with E-state index in [9.17, 15) is 18.0 Å². The summed E-state index contributed by atoms with van der Waals surface area (Å²) in [4.78, 5) is 22.3. The lowest BCUT2D eigenvalue weighted by molar-refractivity contribution is -0.274. The van der Waals surface area contributed by atoms with Crippen molar-refractivity contribution in [2.24, 2.45) is 0 Å². The summed E-state index contributed by atoms with van der Waals surface area (Å²) in [5.74, 6) is -0.185. The van der Waals surface area contributed by atoms with Gasteiger partial charge in [-0.05, 0) is 24.3 Å². The summed E-state index contributed by atoms with van der Waals surface area (Å²) in [6.45, 7) is 0. The normalized spacial score (nSPS) is 11.5. The largest absolute Gasteiger partial charge is 0.573 e. The molecule has 3 aromatic rings. The first-order valence-electron chi connectivity index (χ1n) is 6.48. The maximum Gasteiger partial charge on any atom is 0.573 e. The van der Waals surface area contributed by atoms with Crippen molar-refractivity contribution in [1.82, 2.24) is 15.0 Å². The highest BCUT2D eigenvalue weighted by Crippen LogP contribution is 2.27. The SMILES string of the molecule is O=c1[nH]cc(Cl)c2ncnc(Nc3ccc(OC(F)(F)F)cc3)c12. The second kappa shape index (κ2) is 6.00. The lowest BCUT2D eigenvalue weighted by Crippen LogP contribution is -2.17. The molecule has 24 heavy (non-hydrogen) atoms. The van der Waals surface area contributed by atoms with Crippen LogP contribution in [0.3, 0.4) is 0 Å². The van der Waals surface area contributed by atoms with E-state index in [1.165, 1.54) is 24.7 Å². The number of alkyl halides is 3. The van der Waals surface area contributed by atoms with Gasteiger partial charge < -0.3 is 15.0 Å². The summed E-state index contributed by atoms with van der Waals surface area (Å²) in [6.07, 6.45) is -2.23. The number of aromatic nitrogens is 3. The first kappa shape index (κ1) is 16.1. The molecular formula is C14H8ClF3N4O2. The number of fused-ring (bicyclic) bond motifs is 1. The van der Waals surface area contributed by atoms with E-state index in [0.29, 0.717) is 5.69 Å². The molecule has 0 fully saturated rings. The summed E-state index contributed by atoms with van der Waals surface area (Å²) in [5, 5.41) is 3.22. The number of rotatable bonds is 3. The monoisotopic (exact) mass is 356 g/mol. The first-order valence-corrected chi connectivity index (χ1v) is 6.86. The highest BCUT2D eigenvalue weighted by Gasteiger charge is 2.30. The Balaban J connectivity index is 1.93. The molecule has 0 amide bonds. The first-order chi connectivity index (χ1) is 11.3. The van der Waals surface area contributed by atoms with Crippen LogP contribution in [0.2, 0.25) is 5.02 Å². The summed E-state index contributed by atoms with van der Waals surface area (Å²) in [6, 6.07) is 4.98. The Morgan fingerprint density at radius 3 is 2.54 bits per heavy atom. The van der Waals surface area contributed by atoms with Gasteiger partial charge in [0, 0.05) is 11.9 Å². The van der Waals surface area contributed by atoms with Gasteiger partial charge in [0.15, 0.2) is 0 Å². The number of hydrogen-bond donors (Lipinski definition) is 2. The van der Waals surface area contributed by atoms with Crippen molar-refractivity contribution in [3.63, 3.8) is 0 Å². The molecule has 0 radical (unpaired) electrons. The number of aromatic amines is 1. The zero-order valence-electron chi connectivity index (χ0n) is 11.7. The van der Waals surface area contributed by atoms with Crippen molar-refractivity contribution < 1.29 is 17.9 Å². The van der Waals surface area contributed by atoms with Crippen LogP contribution in [0.25, 0.3) is 10.9 Å². The molecule has 0 saturated carbocycles. The highest BCUT2D eigenvalue weighted by atomic mass is 35.5. The molecule has 10 heteroatoms. The molecular weight excluding hydrogens is 349 g/mol. The Kier molecular flexibility index (Phi) is 4.02. The maximum absolute atomic E-state index is 12.1. The van der Waals surface area contributed by atoms with Crippen LogP contribution in [0, 0.1) is 0 Å². The molecule has 0 aliphatic rings. The number of H-pyrrole nitrogens is 1. The number of pyridine rings is 1. The van der Waals surface area contributed by atoms with Gasteiger partial charge in [-0.25, -0.2) is 9.97 Å². The van der Waals surface area contributed by atoms with E-state index in [2.05, 4.69) is 25.0 Å². The van der Waals surface area contributed by atoms with Crippen molar-refractivity contribution in [3.05, 3.63) is 52.2 Å². The molecule has 3 rings (SSSR count). The van der Waals surface area contributed by atoms with Crippen LogP contribution in [0.1, 0.15) is 0 Å². The Morgan fingerprint density at radius 2 is 1.88 bits per heavy atom. The fourth-order valence-corrected chi connectivity index (χ4v) is 2.22. The average Bonchev–Trinajstić information content (AvgIpc) is 2.52. The van der Waals surface area contributed by atoms with E-state index in [4.69, 9.17) is 11.6 Å². The molecule has 2 aromatic heterocycles. The van der Waals surface area contributed by atoms with Gasteiger partial charge in [0.2, 0.25) is 0 Å². The van der Waals surface area contributed by atoms with Gasteiger partial charge in [-0.3, -0.25) is 4.79 Å². The number of ether oxygens (including phenoxy) is 1. The number of benzene rings is 1. The van der Waals surface area contributed by atoms with Gasteiger partial charge in [-0.15, -0.1) is 13.2 Å². The van der Waals surface area contributed by atoms with Gasteiger partial charge >= 0.3 is 6.36 Å². The number of nitrogens with one attached hydrogen (secondary N) is 2. The molecule has 2 heterocycles. The average molecular weight is 357 g/mol. The van der Waals surface area contributed by atoms with Crippen LogP contribution in [0.4, 0.5) is 24.7 Å². The fraction of sp³-hybridized carbons (Fsp3) is 0.0714. The second-order valence-corrected chi connectivity index (χ2v) is 5.02. The van der Waals surface area contributed by atoms with E-state index in [1.54, 1.807) is 0 Å². The quantitative estimate of drug-likeness (QED) is 0.749. The predicted octanol–water partition coefficient (Wildman–Crippen LogP) is 3.61. The van der Waals surface area contributed by atoms with E-state index in [1.807, 2.05) is 0 Å². The molecule has 124 valence electrons. The van der Waals surface area contributed by atoms with Crippen LogP contribution >= 0.6 is 11.6 Å².